The van der Waals surface area contributed by atoms with E-state index in [-0.39, 0.29) is 22.2 Å². The van der Waals surface area contributed by atoms with Gasteiger partial charge >= 0.3 is 0 Å². The van der Waals surface area contributed by atoms with Crippen LogP contribution in [0.15, 0.2) is 12.1 Å². The molecule has 2 saturated heterocycles. The number of hydrogen-bond donors (Lipinski definition) is 0. The van der Waals surface area contributed by atoms with Gasteiger partial charge in [0.15, 0.2) is 15.6 Å². The molecule has 5 heteroatoms. The Bertz CT molecular complexity index is 746. The van der Waals surface area contributed by atoms with Crippen molar-refractivity contribution in [2.45, 2.75) is 50.0 Å². The molecule has 1 aromatic carbocycles. The third-order valence-electron chi connectivity index (χ3n) is 5.11. The number of sulfone groups is 1. The number of rotatable bonds is 2. The minimum Gasteiger partial charge on any atom is -0.294 e. The van der Waals surface area contributed by atoms with Gasteiger partial charge in [-0.25, -0.2) is 8.42 Å². The number of hydrogen-bond acceptors (Lipinski definition) is 4. The van der Waals surface area contributed by atoms with Gasteiger partial charge in [-0.05, 0) is 62.8 Å². The number of benzene rings is 1. The molecule has 2 aliphatic heterocycles. The van der Waals surface area contributed by atoms with E-state index in [9.17, 15) is 13.2 Å². The average Bonchev–Trinajstić information content (AvgIpc) is 2.66. The number of nitrogens with zero attached hydrogens (tertiary/aromatic N) is 1. The number of nitriles is 1. The van der Waals surface area contributed by atoms with Crippen molar-refractivity contribution in [2.24, 2.45) is 5.92 Å². The van der Waals surface area contributed by atoms with E-state index in [1.165, 1.54) is 0 Å². The Kier molecular flexibility index (Phi) is 3.60. The van der Waals surface area contributed by atoms with Crippen molar-refractivity contribution in [3.8, 4) is 6.07 Å². The Morgan fingerprint density at radius 1 is 1.14 bits per heavy atom. The first-order valence-electron chi connectivity index (χ1n) is 7.63. The molecule has 0 amide bonds. The highest BCUT2D eigenvalue weighted by molar-refractivity contribution is 7.93. The largest absolute Gasteiger partial charge is 0.294 e. The highest BCUT2D eigenvalue weighted by Crippen LogP contribution is 2.42. The fourth-order valence-electron chi connectivity index (χ4n) is 4.04. The van der Waals surface area contributed by atoms with Crippen molar-refractivity contribution in [3.63, 3.8) is 0 Å². The van der Waals surface area contributed by atoms with Gasteiger partial charge in [0, 0.05) is 11.5 Å². The number of carbonyl (C=O) groups excluding carboxylic acids is 1. The topological polar surface area (TPSA) is 75.0 Å². The van der Waals surface area contributed by atoms with Gasteiger partial charge in [-0.2, -0.15) is 5.26 Å². The monoisotopic (exact) mass is 317 g/mol. The van der Waals surface area contributed by atoms with E-state index in [4.69, 9.17) is 5.26 Å². The zero-order valence-corrected chi connectivity index (χ0v) is 13.6. The highest BCUT2D eigenvalue weighted by atomic mass is 32.2. The Hall–Kier alpha value is -1.67. The van der Waals surface area contributed by atoms with Crippen molar-refractivity contribution in [3.05, 3.63) is 34.4 Å². The molecule has 2 aliphatic rings. The summed E-state index contributed by atoms with van der Waals surface area (Å²) in [6.45, 7) is 3.69. The van der Waals surface area contributed by atoms with Crippen LogP contribution in [-0.4, -0.2) is 24.7 Å². The van der Waals surface area contributed by atoms with Crippen LogP contribution in [0.25, 0.3) is 0 Å². The molecule has 1 aromatic rings. The fourth-order valence-corrected chi connectivity index (χ4v) is 6.52. The molecule has 0 aliphatic carbocycles. The van der Waals surface area contributed by atoms with Crippen molar-refractivity contribution in [1.29, 1.82) is 5.26 Å². The summed E-state index contributed by atoms with van der Waals surface area (Å²) in [6.07, 6.45) is 2.30. The first-order chi connectivity index (χ1) is 10.3. The summed E-state index contributed by atoms with van der Waals surface area (Å²) in [5.74, 6) is -0.155. The molecule has 2 heterocycles. The molecule has 0 aromatic heterocycles. The number of aryl methyl sites for hydroxylation is 2. The predicted molar refractivity (Wildman–Crippen MR) is 83.4 cm³/mol. The molecule has 2 fully saturated rings. The summed E-state index contributed by atoms with van der Waals surface area (Å²) >= 11 is 0. The summed E-state index contributed by atoms with van der Waals surface area (Å²) in [5.41, 5.74) is 2.84. The molecule has 3 rings (SSSR count). The van der Waals surface area contributed by atoms with E-state index >= 15 is 0 Å². The van der Waals surface area contributed by atoms with E-state index in [2.05, 4.69) is 6.07 Å². The minimum atomic E-state index is -3.00. The van der Waals surface area contributed by atoms with Crippen molar-refractivity contribution in [2.75, 3.05) is 0 Å². The molecule has 2 unspecified atom stereocenters. The lowest BCUT2D eigenvalue weighted by Gasteiger charge is -2.27. The van der Waals surface area contributed by atoms with Crippen molar-refractivity contribution in [1.82, 2.24) is 0 Å². The first kappa shape index (κ1) is 15.2. The van der Waals surface area contributed by atoms with Gasteiger partial charge in [0.2, 0.25) is 0 Å². The number of ketones is 1. The van der Waals surface area contributed by atoms with Gasteiger partial charge in [-0.1, -0.05) is 0 Å². The van der Waals surface area contributed by atoms with E-state index in [1.807, 2.05) is 13.8 Å². The van der Waals surface area contributed by atoms with Crippen molar-refractivity contribution < 1.29 is 13.2 Å². The van der Waals surface area contributed by atoms with Gasteiger partial charge in [0.25, 0.3) is 0 Å². The van der Waals surface area contributed by atoms with Gasteiger partial charge in [0.1, 0.15) is 0 Å². The highest BCUT2D eigenvalue weighted by Gasteiger charge is 2.48. The summed E-state index contributed by atoms with van der Waals surface area (Å²) in [5, 5.41) is 8.33. The zero-order valence-electron chi connectivity index (χ0n) is 12.8. The molecule has 2 bridgehead atoms. The summed E-state index contributed by atoms with van der Waals surface area (Å²) < 4.78 is 24.3. The molecule has 2 atom stereocenters. The Balaban J connectivity index is 1.92. The maximum atomic E-state index is 12.9. The fraction of sp³-hybridized carbons (Fsp3) is 0.529. The molecular weight excluding hydrogens is 298 g/mol. The lowest BCUT2D eigenvalue weighted by atomic mass is 9.86. The minimum absolute atomic E-state index is 0.0475. The molecule has 116 valence electrons. The van der Waals surface area contributed by atoms with Crippen LogP contribution >= 0.6 is 0 Å². The standard InChI is InChI=1S/C17H19NO3S/c1-10-5-12(9-18)6-11(2)16(10)17(19)13-7-14-3-4-15(8-13)22(14,20)21/h5-6,13-15H,3-4,7-8H2,1-2H3. The van der Waals surface area contributed by atoms with Crippen LogP contribution in [0.1, 0.15) is 52.7 Å². The number of fused-ring (bicyclic) bond motifs is 2. The van der Waals surface area contributed by atoms with E-state index in [0.717, 1.165) is 11.1 Å². The summed E-state index contributed by atoms with van der Waals surface area (Å²) in [4.78, 5) is 12.9. The van der Waals surface area contributed by atoms with Gasteiger partial charge in [-0.3, -0.25) is 4.79 Å². The van der Waals surface area contributed by atoms with Crippen LogP contribution < -0.4 is 0 Å². The first-order valence-corrected chi connectivity index (χ1v) is 9.23. The van der Waals surface area contributed by atoms with Crippen LogP contribution in [-0.2, 0) is 9.84 Å². The average molecular weight is 317 g/mol. The summed E-state index contributed by atoms with van der Waals surface area (Å²) in [6, 6.07) is 5.56. The number of carbonyl (C=O) groups is 1. The van der Waals surface area contributed by atoms with Crippen LogP contribution in [0, 0.1) is 31.1 Å². The third kappa shape index (κ3) is 2.26. The second kappa shape index (κ2) is 5.20. The quantitative estimate of drug-likeness (QED) is 0.786. The second-order valence-electron chi connectivity index (χ2n) is 6.54. The maximum Gasteiger partial charge on any atom is 0.166 e. The molecule has 0 spiro atoms. The third-order valence-corrected chi connectivity index (χ3v) is 7.83. The Morgan fingerprint density at radius 3 is 2.09 bits per heavy atom. The molecule has 0 saturated carbocycles. The lowest BCUT2D eigenvalue weighted by molar-refractivity contribution is 0.0904. The number of Topliss-reactive ketones (excluding diaryl/α,β-unsaturated/α-hetero) is 1. The van der Waals surface area contributed by atoms with Crippen LogP contribution in [0.4, 0.5) is 0 Å². The maximum absolute atomic E-state index is 12.9. The van der Waals surface area contributed by atoms with Crippen LogP contribution in [0.2, 0.25) is 0 Å². The van der Waals surface area contributed by atoms with E-state index < -0.39 is 9.84 Å². The zero-order chi connectivity index (χ0) is 16.1. The summed E-state index contributed by atoms with van der Waals surface area (Å²) in [7, 11) is -3.00. The smallest absolute Gasteiger partial charge is 0.166 e. The van der Waals surface area contributed by atoms with Crippen LogP contribution in [0.5, 0.6) is 0 Å². The van der Waals surface area contributed by atoms with E-state index in [0.29, 0.717) is 36.8 Å². The molecular formula is C17H19NO3S. The van der Waals surface area contributed by atoms with Crippen LogP contribution in [0.3, 0.4) is 0 Å². The van der Waals surface area contributed by atoms with Gasteiger partial charge < -0.3 is 0 Å². The lowest BCUT2D eigenvalue weighted by Crippen LogP contribution is -2.36. The van der Waals surface area contributed by atoms with Gasteiger partial charge in [-0.15, -0.1) is 0 Å². The van der Waals surface area contributed by atoms with Crippen molar-refractivity contribution >= 4 is 15.6 Å². The molecule has 0 radical (unpaired) electrons. The Morgan fingerprint density at radius 2 is 1.64 bits per heavy atom. The second-order valence-corrected chi connectivity index (χ2v) is 9.05. The SMILES string of the molecule is Cc1cc(C#N)cc(C)c1C(=O)C1CC2CCC(C1)S2(=O)=O. The van der Waals surface area contributed by atoms with Gasteiger partial charge in [0.05, 0.1) is 22.1 Å². The molecule has 22 heavy (non-hydrogen) atoms. The molecule has 4 nitrogen and oxygen atoms in total. The predicted octanol–water partition coefficient (Wildman–Crippen LogP) is 2.71. The molecule has 0 N–H and O–H groups in total. The normalized spacial score (nSPS) is 29.0. The Labute approximate surface area is 131 Å². The van der Waals surface area contributed by atoms with E-state index in [1.54, 1.807) is 12.1 Å².